The second-order valence-corrected chi connectivity index (χ2v) is 5.59. The molecule has 0 saturated carbocycles. The molecule has 0 fully saturated rings. The van der Waals surface area contributed by atoms with Crippen LogP contribution in [0.25, 0.3) is 24.3 Å². The molecule has 3 aromatic rings. The van der Waals surface area contributed by atoms with Gasteiger partial charge in [0, 0.05) is 11.4 Å². The van der Waals surface area contributed by atoms with Gasteiger partial charge in [-0.2, -0.15) is 0 Å². The molecule has 0 aliphatic rings. The lowest BCUT2D eigenvalue weighted by molar-refractivity contribution is 1.61. The van der Waals surface area contributed by atoms with Crippen molar-refractivity contribution in [3.05, 3.63) is 95.1 Å². The van der Waals surface area contributed by atoms with Crippen LogP contribution in [0.2, 0.25) is 0 Å². The van der Waals surface area contributed by atoms with Crippen LogP contribution in [0.5, 0.6) is 0 Å². The van der Waals surface area contributed by atoms with E-state index in [1.165, 1.54) is 0 Å². The van der Waals surface area contributed by atoms with Gasteiger partial charge in [0.15, 0.2) is 0 Å². The summed E-state index contributed by atoms with van der Waals surface area (Å²) in [5.41, 5.74) is 17.8. The summed E-state index contributed by atoms with van der Waals surface area (Å²) in [5.74, 6) is 0. The Morgan fingerprint density at radius 2 is 0.833 bits per heavy atom. The third kappa shape index (κ3) is 3.93. The average molecular weight is 312 g/mol. The second-order valence-electron chi connectivity index (χ2n) is 5.59. The lowest BCUT2D eigenvalue weighted by atomic mass is 10.1. The van der Waals surface area contributed by atoms with Crippen LogP contribution in [0, 0.1) is 0 Å². The zero-order valence-electron chi connectivity index (χ0n) is 13.4. The van der Waals surface area contributed by atoms with E-state index in [4.69, 9.17) is 11.5 Å². The summed E-state index contributed by atoms with van der Waals surface area (Å²) in [4.78, 5) is 0. The molecule has 0 radical (unpaired) electrons. The van der Waals surface area contributed by atoms with E-state index < -0.39 is 0 Å². The van der Waals surface area contributed by atoms with Crippen molar-refractivity contribution in [1.29, 1.82) is 0 Å². The van der Waals surface area contributed by atoms with Gasteiger partial charge in [-0.15, -0.1) is 0 Å². The van der Waals surface area contributed by atoms with Gasteiger partial charge < -0.3 is 11.5 Å². The van der Waals surface area contributed by atoms with E-state index >= 15 is 0 Å². The Bertz CT molecular complexity index is 800. The van der Waals surface area contributed by atoms with Crippen LogP contribution >= 0.6 is 0 Å². The Labute approximate surface area is 142 Å². The zero-order chi connectivity index (χ0) is 16.8. The molecular weight excluding hydrogens is 292 g/mol. The molecule has 0 amide bonds. The minimum Gasteiger partial charge on any atom is -0.398 e. The number of para-hydroxylation sites is 2. The molecule has 0 aliphatic carbocycles. The molecule has 0 aliphatic heterocycles. The monoisotopic (exact) mass is 312 g/mol. The zero-order valence-corrected chi connectivity index (χ0v) is 13.4. The highest BCUT2D eigenvalue weighted by Gasteiger charge is 1.94. The summed E-state index contributed by atoms with van der Waals surface area (Å²) < 4.78 is 0. The topological polar surface area (TPSA) is 52.0 Å². The number of hydrogen-bond acceptors (Lipinski definition) is 2. The van der Waals surface area contributed by atoms with E-state index in [2.05, 4.69) is 36.4 Å². The molecular formula is C22H20N2. The van der Waals surface area contributed by atoms with Crippen molar-refractivity contribution in [2.45, 2.75) is 0 Å². The molecule has 2 nitrogen and oxygen atoms in total. The van der Waals surface area contributed by atoms with Crippen LogP contribution in [-0.4, -0.2) is 0 Å². The van der Waals surface area contributed by atoms with Crippen LogP contribution in [0.15, 0.2) is 72.8 Å². The molecule has 3 rings (SSSR count). The molecule has 0 unspecified atom stereocenters. The highest BCUT2D eigenvalue weighted by Crippen LogP contribution is 2.17. The van der Waals surface area contributed by atoms with E-state index in [-0.39, 0.29) is 0 Å². The van der Waals surface area contributed by atoms with E-state index in [9.17, 15) is 0 Å². The third-order valence-corrected chi connectivity index (χ3v) is 3.84. The van der Waals surface area contributed by atoms with Gasteiger partial charge in [-0.25, -0.2) is 0 Å². The van der Waals surface area contributed by atoms with Crippen LogP contribution in [0.4, 0.5) is 11.4 Å². The van der Waals surface area contributed by atoms with Gasteiger partial charge in [-0.05, 0) is 34.4 Å². The number of hydrogen-bond donors (Lipinski definition) is 2. The molecule has 2 heteroatoms. The lowest BCUT2D eigenvalue weighted by Gasteiger charge is -2.00. The lowest BCUT2D eigenvalue weighted by Crippen LogP contribution is -1.87. The number of anilines is 2. The summed E-state index contributed by atoms with van der Waals surface area (Å²) in [6, 6.07) is 24.0. The van der Waals surface area contributed by atoms with Gasteiger partial charge in [-0.3, -0.25) is 0 Å². The molecule has 0 heterocycles. The molecule has 0 saturated heterocycles. The Morgan fingerprint density at radius 3 is 1.21 bits per heavy atom. The van der Waals surface area contributed by atoms with Crippen molar-refractivity contribution in [3.63, 3.8) is 0 Å². The summed E-state index contributed by atoms with van der Waals surface area (Å²) in [6.07, 6.45) is 8.19. The summed E-state index contributed by atoms with van der Waals surface area (Å²) in [6.45, 7) is 0. The maximum absolute atomic E-state index is 5.95. The van der Waals surface area contributed by atoms with E-state index in [0.717, 1.165) is 33.6 Å². The summed E-state index contributed by atoms with van der Waals surface area (Å²) in [7, 11) is 0. The van der Waals surface area contributed by atoms with Gasteiger partial charge in [0.2, 0.25) is 0 Å². The van der Waals surface area contributed by atoms with Gasteiger partial charge in [0.1, 0.15) is 0 Å². The molecule has 0 spiro atoms. The van der Waals surface area contributed by atoms with Crippen molar-refractivity contribution >= 4 is 35.7 Å². The SMILES string of the molecule is Nc1ccccc1C=Cc1ccc(C=Cc2ccccc2N)cc1. The van der Waals surface area contributed by atoms with Crippen LogP contribution < -0.4 is 11.5 Å². The second kappa shape index (κ2) is 7.34. The van der Waals surface area contributed by atoms with Crippen molar-refractivity contribution in [3.8, 4) is 0 Å². The van der Waals surface area contributed by atoms with E-state index in [1.807, 2.05) is 60.7 Å². The molecule has 0 atom stereocenters. The normalized spacial score (nSPS) is 11.3. The maximum Gasteiger partial charge on any atom is 0.0387 e. The van der Waals surface area contributed by atoms with Crippen LogP contribution in [-0.2, 0) is 0 Å². The summed E-state index contributed by atoms with van der Waals surface area (Å²) >= 11 is 0. The fourth-order valence-electron chi connectivity index (χ4n) is 2.42. The largest absolute Gasteiger partial charge is 0.398 e. The number of benzene rings is 3. The first-order valence-electron chi connectivity index (χ1n) is 7.87. The number of nitrogens with two attached hydrogens (primary N) is 2. The van der Waals surface area contributed by atoms with Gasteiger partial charge in [0.05, 0.1) is 0 Å². The predicted molar refractivity (Wildman–Crippen MR) is 106 cm³/mol. The fourth-order valence-corrected chi connectivity index (χ4v) is 2.42. The Kier molecular flexibility index (Phi) is 4.78. The van der Waals surface area contributed by atoms with Gasteiger partial charge in [0.25, 0.3) is 0 Å². The Morgan fingerprint density at radius 1 is 0.458 bits per heavy atom. The maximum atomic E-state index is 5.95. The fraction of sp³-hybridized carbons (Fsp3) is 0. The molecule has 0 bridgehead atoms. The standard InChI is InChI=1S/C22H20N2/c23-21-7-3-1-5-19(21)15-13-17-9-11-18(12-10-17)14-16-20-6-2-4-8-22(20)24/h1-16H,23-24H2. The Hall–Kier alpha value is -3.26. The highest BCUT2D eigenvalue weighted by molar-refractivity contribution is 5.78. The van der Waals surface area contributed by atoms with Crippen molar-refractivity contribution in [2.75, 3.05) is 11.5 Å². The smallest absolute Gasteiger partial charge is 0.0387 e. The first-order chi connectivity index (χ1) is 11.7. The third-order valence-electron chi connectivity index (χ3n) is 3.84. The van der Waals surface area contributed by atoms with Crippen LogP contribution in [0.3, 0.4) is 0 Å². The van der Waals surface area contributed by atoms with E-state index in [0.29, 0.717) is 0 Å². The molecule has 3 aromatic carbocycles. The average Bonchev–Trinajstić information content (AvgIpc) is 2.61. The number of rotatable bonds is 4. The van der Waals surface area contributed by atoms with Crippen molar-refractivity contribution in [2.24, 2.45) is 0 Å². The first kappa shape index (κ1) is 15.6. The molecule has 4 N–H and O–H groups in total. The molecule has 0 aromatic heterocycles. The van der Waals surface area contributed by atoms with E-state index in [1.54, 1.807) is 0 Å². The molecule has 24 heavy (non-hydrogen) atoms. The quantitative estimate of drug-likeness (QED) is 0.514. The minimum atomic E-state index is 0.786. The highest BCUT2D eigenvalue weighted by atomic mass is 14.6. The first-order valence-corrected chi connectivity index (χ1v) is 7.87. The van der Waals surface area contributed by atoms with Crippen molar-refractivity contribution < 1.29 is 0 Å². The minimum absolute atomic E-state index is 0.786. The van der Waals surface area contributed by atoms with Gasteiger partial charge >= 0.3 is 0 Å². The molecule has 118 valence electrons. The summed E-state index contributed by atoms with van der Waals surface area (Å²) in [5, 5.41) is 0. The Balaban J connectivity index is 1.72. The van der Waals surface area contributed by atoms with Gasteiger partial charge in [-0.1, -0.05) is 85.0 Å². The van der Waals surface area contributed by atoms with Crippen LogP contribution in [0.1, 0.15) is 22.3 Å². The number of nitrogen functional groups attached to an aromatic ring is 2. The van der Waals surface area contributed by atoms with Crippen molar-refractivity contribution in [1.82, 2.24) is 0 Å². The predicted octanol–water partition coefficient (Wildman–Crippen LogP) is 5.19.